The highest BCUT2D eigenvalue weighted by Gasteiger charge is 2.16. The summed E-state index contributed by atoms with van der Waals surface area (Å²) in [5.74, 6) is 0.729. The normalized spacial score (nSPS) is 15.6. The summed E-state index contributed by atoms with van der Waals surface area (Å²) in [5.41, 5.74) is 1.04. The van der Waals surface area contributed by atoms with Gasteiger partial charge in [0.05, 0.1) is 4.90 Å². The monoisotopic (exact) mass is 394 g/mol. The lowest BCUT2D eigenvalue weighted by molar-refractivity contribution is -0.121. The predicted molar refractivity (Wildman–Crippen MR) is 108 cm³/mol. The summed E-state index contributed by atoms with van der Waals surface area (Å²) < 4.78 is 22.9. The molecule has 1 fully saturated rings. The highest BCUT2D eigenvalue weighted by molar-refractivity contribution is 7.90. The second-order valence-electron chi connectivity index (χ2n) is 6.89. The Morgan fingerprint density at radius 1 is 1.11 bits per heavy atom. The minimum Gasteiger partial charge on any atom is -0.356 e. The van der Waals surface area contributed by atoms with Crippen molar-refractivity contribution >= 4 is 21.7 Å². The molecule has 0 saturated heterocycles. The molecule has 0 atom stereocenters. The average molecular weight is 395 g/mol. The van der Waals surface area contributed by atoms with E-state index in [4.69, 9.17) is 0 Å². The summed E-state index contributed by atoms with van der Waals surface area (Å²) in [6.07, 6.45) is 6.96. The molecule has 3 N–H and O–H groups in total. The molecule has 2 rings (SSSR count). The molecular weight excluding hydrogens is 364 g/mol. The Balaban J connectivity index is 1.65. The van der Waals surface area contributed by atoms with Gasteiger partial charge >= 0.3 is 0 Å². The number of sulfone groups is 1. The minimum atomic E-state index is -3.16. The third-order valence-corrected chi connectivity index (χ3v) is 5.77. The molecule has 7 nitrogen and oxygen atoms in total. The molecule has 1 aromatic carbocycles. The van der Waals surface area contributed by atoms with Gasteiger partial charge in [0.15, 0.2) is 15.8 Å². The van der Waals surface area contributed by atoms with Crippen LogP contribution >= 0.6 is 0 Å². The molecule has 27 heavy (non-hydrogen) atoms. The Morgan fingerprint density at radius 3 is 2.33 bits per heavy atom. The van der Waals surface area contributed by atoms with Crippen molar-refractivity contribution in [1.29, 1.82) is 0 Å². The summed E-state index contributed by atoms with van der Waals surface area (Å²) in [5, 5.41) is 9.41. The van der Waals surface area contributed by atoms with Crippen molar-refractivity contribution in [2.24, 2.45) is 4.99 Å². The summed E-state index contributed by atoms with van der Waals surface area (Å²) in [4.78, 5) is 16.4. The molecule has 0 aromatic heterocycles. The molecule has 8 heteroatoms. The van der Waals surface area contributed by atoms with Gasteiger partial charge in [0.1, 0.15) is 0 Å². The fraction of sp³-hybridized carbons (Fsp3) is 0.579. The maximum absolute atomic E-state index is 11.9. The maximum atomic E-state index is 11.9. The first-order valence-electron chi connectivity index (χ1n) is 9.41. The van der Waals surface area contributed by atoms with Crippen LogP contribution in [0.15, 0.2) is 34.2 Å². The molecule has 0 aliphatic heterocycles. The number of carbonyl (C=O) groups excluding carboxylic acids is 1. The number of carbonyl (C=O) groups is 1. The van der Waals surface area contributed by atoms with Gasteiger partial charge in [-0.15, -0.1) is 0 Å². The minimum absolute atomic E-state index is 0.0795. The van der Waals surface area contributed by atoms with Crippen molar-refractivity contribution in [3.8, 4) is 0 Å². The van der Waals surface area contributed by atoms with E-state index in [1.54, 1.807) is 19.2 Å². The molecule has 150 valence electrons. The molecular formula is C19H30N4O3S. The van der Waals surface area contributed by atoms with Crippen LogP contribution in [0.4, 0.5) is 0 Å². The first kappa shape index (κ1) is 21.2. The van der Waals surface area contributed by atoms with E-state index in [2.05, 4.69) is 20.9 Å². The first-order valence-corrected chi connectivity index (χ1v) is 11.3. The second-order valence-corrected chi connectivity index (χ2v) is 8.91. The van der Waals surface area contributed by atoms with Gasteiger partial charge in [-0.1, -0.05) is 25.0 Å². The van der Waals surface area contributed by atoms with E-state index in [1.165, 1.54) is 19.1 Å². The summed E-state index contributed by atoms with van der Waals surface area (Å²) in [6, 6.07) is 7.24. The maximum Gasteiger partial charge on any atom is 0.221 e. The van der Waals surface area contributed by atoms with Crippen LogP contribution < -0.4 is 16.0 Å². The van der Waals surface area contributed by atoms with E-state index in [1.807, 2.05) is 12.1 Å². The molecule has 1 aromatic rings. The number of amides is 1. The van der Waals surface area contributed by atoms with Gasteiger partial charge in [-0.25, -0.2) is 8.42 Å². The molecule has 1 aliphatic carbocycles. The Labute approximate surface area is 162 Å². The number of guanidine groups is 1. The van der Waals surface area contributed by atoms with E-state index in [9.17, 15) is 13.2 Å². The fourth-order valence-corrected chi connectivity index (χ4v) is 3.74. The number of hydrogen-bond acceptors (Lipinski definition) is 4. The van der Waals surface area contributed by atoms with Crippen LogP contribution in [0.5, 0.6) is 0 Å². The van der Waals surface area contributed by atoms with Crippen LogP contribution in [0.3, 0.4) is 0 Å². The van der Waals surface area contributed by atoms with E-state index in [-0.39, 0.29) is 5.91 Å². The highest BCUT2D eigenvalue weighted by Crippen LogP contribution is 2.17. The van der Waals surface area contributed by atoms with Crippen LogP contribution in [0.25, 0.3) is 0 Å². The molecule has 1 amide bonds. The van der Waals surface area contributed by atoms with Gasteiger partial charge in [-0.3, -0.25) is 9.79 Å². The van der Waals surface area contributed by atoms with Gasteiger partial charge < -0.3 is 16.0 Å². The highest BCUT2D eigenvalue weighted by atomic mass is 32.2. The molecule has 1 aliphatic rings. The molecule has 0 spiro atoms. The van der Waals surface area contributed by atoms with Gasteiger partial charge in [0, 0.05) is 38.9 Å². The molecule has 0 radical (unpaired) electrons. The van der Waals surface area contributed by atoms with E-state index >= 15 is 0 Å². The summed E-state index contributed by atoms with van der Waals surface area (Å²) in [7, 11) is -1.47. The smallest absolute Gasteiger partial charge is 0.221 e. The topological polar surface area (TPSA) is 99.7 Å². The van der Waals surface area contributed by atoms with Gasteiger partial charge in [0.2, 0.25) is 5.91 Å². The quantitative estimate of drug-likeness (QED) is 0.455. The van der Waals surface area contributed by atoms with E-state index in [0.717, 1.165) is 24.8 Å². The van der Waals surface area contributed by atoms with E-state index in [0.29, 0.717) is 36.4 Å². The van der Waals surface area contributed by atoms with Crippen LogP contribution in [0.2, 0.25) is 0 Å². The van der Waals surface area contributed by atoms with Gasteiger partial charge in [-0.05, 0) is 37.0 Å². The Morgan fingerprint density at radius 2 is 1.74 bits per heavy atom. The second kappa shape index (κ2) is 10.3. The molecule has 0 heterocycles. The molecule has 0 unspecified atom stereocenters. The predicted octanol–water partition coefficient (Wildman–Crippen LogP) is 1.25. The van der Waals surface area contributed by atoms with E-state index < -0.39 is 9.84 Å². The van der Waals surface area contributed by atoms with Crippen molar-refractivity contribution in [3.63, 3.8) is 0 Å². The molecule has 0 bridgehead atoms. The SMILES string of the molecule is CN=C(NCCC(=O)NC1CCCC1)NCCc1ccc(S(C)(=O)=O)cc1. The number of benzene rings is 1. The average Bonchev–Trinajstić information content (AvgIpc) is 3.13. The van der Waals surface area contributed by atoms with Crippen LogP contribution in [0.1, 0.15) is 37.7 Å². The van der Waals surface area contributed by atoms with Crippen LogP contribution in [0, 0.1) is 0 Å². The zero-order valence-electron chi connectivity index (χ0n) is 16.1. The Kier molecular flexibility index (Phi) is 8.09. The zero-order valence-corrected chi connectivity index (χ0v) is 16.9. The van der Waals surface area contributed by atoms with Crippen molar-refractivity contribution in [2.75, 3.05) is 26.4 Å². The Hall–Kier alpha value is -2.09. The number of rotatable bonds is 8. The van der Waals surface area contributed by atoms with Crippen molar-refractivity contribution in [3.05, 3.63) is 29.8 Å². The number of nitrogens with one attached hydrogen (secondary N) is 3. The largest absolute Gasteiger partial charge is 0.356 e. The Bertz CT molecular complexity index is 739. The number of hydrogen-bond donors (Lipinski definition) is 3. The van der Waals surface area contributed by atoms with Crippen LogP contribution in [-0.2, 0) is 21.1 Å². The summed E-state index contributed by atoms with van der Waals surface area (Å²) >= 11 is 0. The lowest BCUT2D eigenvalue weighted by Crippen LogP contribution is -2.41. The summed E-state index contributed by atoms with van der Waals surface area (Å²) in [6.45, 7) is 1.19. The fourth-order valence-electron chi connectivity index (χ4n) is 3.11. The number of aliphatic imine (C=N–C) groups is 1. The lowest BCUT2D eigenvalue weighted by Gasteiger charge is -2.14. The third-order valence-electron chi connectivity index (χ3n) is 4.65. The van der Waals surface area contributed by atoms with Crippen molar-refractivity contribution < 1.29 is 13.2 Å². The first-order chi connectivity index (χ1) is 12.9. The van der Waals surface area contributed by atoms with Crippen molar-refractivity contribution in [1.82, 2.24) is 16.0 Å². The number of nitrogens with zero attached hydrogens (tertiary/aromatic N) is 1. The third kappa shape index (κ3) is 7.58. The standard InChI is InChI=1S/C19H30N4O3S/c1-20-19(22-14-12-18(24)23-16-5-3-4-6-16)21-13-11-15-7-9-17(10-8-15)27(2,25)26/h7-10,16H,3-6,11-14H2,1-2H3,(H,23,24)(H2,20,21,22). The van der Waals surface area contributed by atoms with Crippen LogP contribution in [-0.4, -0.2) is 52.7 Å². The zero-order chi connectivity index (χ0) is 19.7. The van der Waals surface area contributed by atoms with Gasteiger partial charge in [0.25, 0.3) is 0 Å². The molecule has 1 saturated carbocycles. The lowest BCUT2D eigenvalue weighted by atomic mass is 10.1. The van der Waals surface area contributed by atoms with Gasteiger partial charge in [-0.2, -0.15) is 0 Å². The van der Waals surface area contributed by atoms with Crippen molar-refractivity contribution in [2.45, 2.75) is 49.5 Å².